The van der Waals surface area contributed by atoms with Crippen LogP contribution in [0.15, 0.2) is 0 Å². The van der Waals surface area contributed by atoms with Crippen molar-refractivity contribution in [3.63, 3.8) is 0 Å². The standard InChI is InChI=1S/C6H11NO2.H2/c1-4(5(2)8)7-6(3)9;/h4H,1-3H3,(H,7,9);1H/t4-;/m1./s1. The van der Waals surface area contributed by atoms with Crippen LogP contribution in [0.2, 0.25) is 0 Å². The second-order valence-corrected chi connectivity index (χ2v) is 2.03. The van der Waals surface area contributed by atoms with Gasteiger partial charge in [0.25, 0.3) is 0 Å². The summed E-state index contributed by atoms with van der Waals surface area (Å²) < 4.78 is 0. The summed E-state index contributed by atoms with van der Waals surface area (Å²) in [7, 11) is 0. The van der Waals surface area contributed by atoms with Gasteiger partial charge in [-0.25, -0.2) is 0 Å². The van der Waals surface area contributed by atoms with Crippen molar-refractivity contribution in [1.29, 1.82) is 0 Å². The number of rotatable bonds is 2. The zero-order valence-electron chi connectivity index (χ0n) is 5.89. The molecule has 54 valence electrons. The molecule has 3 nitrogen and oxygen atoms in total. The van der Waals surface area contributed by atoms with Gasteiger partial charge in [0.05, 0.1) is 6.04 Å². The molecule has 0 spiro atoms. The van der Waals surface area contributed by atoms with Gasteiger partial charge in [0, 0.05) is 8.35 Å². The van der Waals surface area contributed by atoms with E-state index in [9.17, 15) is 9.59 Å². The predicted octanol–water partition coefficient (Wildman–Crippen LogP) is 0.346. The van der Waals surface area contributed by atoms with Gasteiger partial charge in [0.15, 0.2) is 5.78 Å². The van der Waals surface area contributed by atoms with E-state index in [1.165, 1.54) is 13.8 Å². The maximum atomic E-state index is 10.5. The molecule has 0 radical (unpaired) electrons. The fourth-order valence-corrected chi connectivity index (χ4v) is 0.407. The molecule has 0 aromatic heterocycles. The van der Waals surface area contributed by atoms with Crippen LogP contribution in [0.25, 0.3) is 0 Å². The molecule has 0 saturated carbocycles. The molecule has 0 aliphatic carbocycles. The topological polar surface area (TPSA) is 46.2 Å². The van der Waals surface area contributed by atoms with Crippen molar-refractivity contribution in [3.05, 3.63) is 0 Å². The number of hydrogen-bond donors (Lipinski definition) is 1. The van der Waals surface area contributed by atoms with Crippen LogP contribution in [0, 0.1) is 0 Å². The zero-order chi connectivity index (χ0) is 7.44. The number of ketones is 1. The van der Waals surface area contributed by atoms with Gasteiger partial charge in [-0.15, -0.1) is 0 Å². The number of hydrogen-bond acceptors (Lipinski definition) is 2. The van der Waals surface area contributed by atoms with Crippen LogP contribution in [0.5, 0.6) is 0 Å². The van der Waals surface area contributed by atoms with Gasteiger partial charge < -0.3 is 5.32 Å². The van der Waals surface area contributed by atoms with E-state index >= 15 is 0 Å². The summed E-state index contributed by atoms with van der Waals surface area (Å²) in [6.07, 6.45) is 0. The highest BCUT2D eigenvalue weighted by molar-refractivity contribution is 5.86. The maximum absolute atomic E-state index is 10.5. The minimum absolute atomic E-state index is 0. The van der Waals surface area contributed by atoms with E-state index in [0.29, 0.717) is 0 Å². The quantitative estimate of drug-likeness (QED) is 0.587. The molecular formula is C6H13NO2. The highest BCUT2D eigenvalue weighted by atomic mass is 16.2. The highest BCUT2D eigenvalue weighted by Crippen LogP contribution is 1.81. The van der Waals surface area contributed by atoms with E-state index in [4.69, 9.17) is 0 Å². The van der Waals surface area contributed by atoms with Crippen LogP contribution in [0.1, 0.15) is 22.2 Å². The normalized spacial score (nSPS) is 12.3. The molecular weight excluding hydrogens is 118 g/mol. The van der Waals surface area contributed by atoms with Crippen molar-refractivity contribution >= 4 is 11.7 Å². The smallest absolute Gasteiger partial charge is 0.217 e. The van der Waals surface area contributed by atoms with Crippen LogP contribution in [-0.4, -0.2) is 17.7 Å². The molecule has 0 heterocycles. The third-order valence-electron chi connectivity index (χ3n) is 1.03. The first-order valence-electron chi connectivity index (χ1n) is 2.81. The Morgan fingerprint density at radius 3 is 2.00 bits per heavy atom. The van der Waals surface area contributed by atoms with Crippen LogP contribution < -0.4 is 5.32 Å². The summed E-state index contributed by atoms with van der Waals surface area (Å²) in [6.45, 7) is 4.49. The number of Topliss-reactive ketones (excluding diaryl/α,β-unsaturated/α-hetero) is 1. The van der Waals surface area contributed by atoms with Crippen LogP contribution in [0.4, 0.5) is 0 Å². The van der Waals surface area contributed by atoms with Gasteiger partial charge in [-0.1, -0.05) is 0 Å². The molecule has 9 heavy (non-hydrogen) atoms. The van der Waals surface area contributed by atoms with Crippen molar-refractivity contribution in [2.24, 2.45) is 0 Å². The second-order valence-electron chi connectivity index (χ2n) is 2.03. The summed E-state index contributed by atoms with van der Waals surface area (Å²) in [6, 6.07) is -0.345. The van der Waals surface area contributed by atoms with Gasteiger partial charge >= 0.3 is 0 Å². The monoisotopic (exact) mass is 131 g/mol. The first-order chi connectivity index (χ1) is 4.04. The number of carbonyl (C=O) groups is 2. The average molecular weight is 131 g/mol. The Labute approximate surface area is 55.9 Å². The minimum Gasteiger partial charge on any atom is -0.347 e. The highest BCUT2D eigenvalue weighted by Gasteiger charge is 2.06. The van der Waals surface area contributed by atoms with Gasteiger partial charge in [-0.3, -0.25) is 9.59 Å². The summed E-state index contributed by atoms with van der Waals surface area (Å²) in [5, 5.41) is 2.45. The lowest BCUT2D eigenvalue weighted by molar-refractivity contribution is -0.125. The van der Waals surface area contributed by atoms with Crippen molar-refractivity contribution in [2.45, 2.75) is 26.8 Å². The molecule has 3 heteroatoms. The molecule has 0 aliphatic heterocycles. The Morgan fingerprint density at radius 1 is 1.44 bits per heavy atom. The van der Waals surface area contributed by atoms with Gasteiger partial charge in [-0.05, 0) is 13.8 Å². The maximum Gasteiger partial charge on any atom is 0.217 e. The summed E-state index contributed by atoms with van der Waals surface area (Å²) >= 11 is 0. The van der Waals surface area contributed by atoms with E-state index in [0.717, 1.165) is 0 Å². The Hall–Kier alpha value is -0.860. The second kappa shape index (κ2) is 3.22. The van der Waals surface area contributed by atoms with Crippen molar-refractivity contribution in [1.82, 2.24) is 5.32 Å². The molecule has 0 unspecified atom stereocenters. The molecule has 0 saturated heterocycles. The van der Waals surface area contributed by atoms with Crippen molar-refractivity contribution in [2.75, 3.05) is 0 Å². The molecule has 1 amide bonds. The fraction of sp³-hybridized carbons (Fsp3) is 0.667. The molecule has 0 aliphatic rings. The largest absolute Gasteiger partial charge is 0.347 e. The van der Waals surface area contributed by atoms with Crippen LogP contribution in [0.3, 0.4) is 0 Å². The van der Waals surface area contributed by atoms with E-state index < -0.39 is 0 Å². The van der Waals surface area contributed by atoms with Crippen LogP contribution in [-0.2, 0) is 9.59 Å². The predicted molar refractivity (Wildman–Crippen MR) is 36.1 cm³/mol. The third-order valence-corrected chi connectivity index (χ3v) is 1.03. The molecule has 1 N–H and O–H groups in total. The third kappa shape index (κ3) is 3.70. The van der Waals surface area contributed by atoms with Crippen molar-refractivity contribution in [3.8, 4) is 0 Å². The van der Waals surface area contributed by atoms with E-state index in [1.54, 1.807) is 6.92 Å². The Balaban J connectivity index is 0. The summed E-state index contributed by atoms with van der Waals surface area (Å²) in [4.78, 5) is 20.8. The zero-order valence-corrected chi connectivity index (χ0v) is 5.89. The minimum atomic E-state index is -0.345. The molecule has 1 atom stereocenters. The Bertz CT molecular complexity index is 136. The van der Waals surface area contributed by atoms with Gasteiger partial charge in [-0.2, -0.15) is 0 Å². The number of carbonyl (C=O) groups excluding carboxylic acids is 2. The van der Waals surface area contributed by atoms with E-state index in [1.807, 2.05) is 0 Å². The lowest BCUT2D eigenvalue weighted by atomic mass is 10.2. The fourth-order valence-electron chi connectivity index (χ4n) is 0.407. The molecule has 0 aromatic carbocycles. The number of nitrogens with one attached hydrogen (secondary N) is 1. The first-order valence-corrected chi connectivity index (χ1v) is 2.81. The SMILES string of the molecule is CC(=O)N[C@H](C)C(C)=O.[HH]. The van der Waals surface area contributed by atoms with Gasteiger partial charge in [0.2, 0.25) is 5.91 Å². The lowest BCUT2D eigenvalue weighted by Crippen LogP contribution is -2.35. The molecule has 0 fully saturated rings. The summed E-state index contributed by atoms with van der Waals surface area (Å²) in [5.41, 5.74) is 0. The van der Waals surface area contributed by atoms with Crippen molar-refractivity contribution < 1.29 is 11.0 Å². The molecule has 0 rings (SSSR count). The van der Waals surface area contributed by atoms with Gasteiger partial charge in [0.1, 0.15) is 0 Å². The first kappa shape index (κ1) is 8.14. The lowest BCUT2D eigenvalue weighted by Gasteiger charge is -2.06. The summed E-state index contributed by atoms with van der Waals surface area (Å²) in [5.74, 6) is -0.192. The average Bonchev–Trinajstić information content (AvgIpc) is 1.63. The van der Waals surface area contributed by atoms with Crippen LogP contribution >= 0.6 is 0 Å². The van der Waals surface area contributed by atoms with E-state index in [-0.39, 0.29) is 19.2 Å². The number of amides is 1. The Kier molecular flexibility index (Phi) is 2.91. The molecule has 0 bridgehead atoms. The van der Waals surface area contributed by atoms with E-state index in [2.05, 4.69) is 5.32 Å². The Morgan fingerprint density at radius 2 is 1.89 bits per heavy atom. The molecule has 0 aromatic rings.